The number of amides is 1. The van der Waals surface area contributed by atoms with E-state index in [-0.39, 0.29) is 5.91 Å². The zero-order valence-electron chi connectivity index (χ0n) is 16.5. The molecule has 0 spiro atoms. The Balaban J connectivity index is 1.32. The summed E-state index contributed by atoms with van der Waals surface area (Å²) in [4.78, 5) is 14.4. The molecule has 1 N–H and O–H groups in total. The number of rotatable bonds is 7. The van der Waals surface area contributed by atoms with Gasteiger partial charge >= 0.3 is 0 Å². The Hall–Kier alpha value is -3.38. The number of aromatic nitrogens is 3. The van der Waals surface area contributed by atoms with Crippen molar-refractivity contribution in [3.05, 3.63) is 83.2 Å². The van der Waals surface area contributed by atoms with Crippen LogP contribution in [0.2, 0.25) is 5.02 Å². The van der Waals surface area contributed by atoms with E-state index in [4.69, 9.17) is 16.1 Å². The van der Waals surface area contributed by atoms with Crippen LogP contribution in [-0.2, 0) is 6.42 Å². The van der Waals surface area contributed by atoms with Gasteiger partial charge in [-0.25, -0.2) is 0 Å². The van der Waals surface area contributed by atoms with E-state index in [1.165, 1.54) is 0 Å². The highest BCUT2D eigenvalue weighted by Gasteiger charge is 2.16. The summed E-state index contributed by atoms with van der Waals surface area (Å²) < 4.78 is 5.43. The van der Waals surface area contributed by atoms with Crippen LogP contribution in [0.25, 0.3) is 22.5 Å². The van der Waals surface area contributed by atoms with E-state index < -0.39 is 0 Å². The molecule has 2 heterocycles. The zero-order chi connectivity index (χ0) is 20.9. The quantitative estimate of drug-likeness (QED) is 0.452. The van der Waals surface area contributed by atoms with Gasteiger partial charge in [-0.1, -0.05) is 59.2 Å². The monoisotopic (exact) mass is 420 g/mol. The molecule has 0 unspecified atom stereocenters. The van der Waals surface area contributed by atoms with Crippen molar-refractivity contribution in [3.8, 4) is 22.5 Å². The van der Waals surface area contributed by atoms with Crippen molar-refractivity contribution in [3.63, 3.8) is 0 Å². The molecule has 4 rings (SSSR count). The number of carbonyl (C=O) groups excluding carboxylic acids is 1. The van der Waals surface area contributed by atoms with Gasteiger partial charge in [-0.2, -0.15) is 5.10 Å². The molecule has 7 heteroatoms. The lowest BCUT2D eigenvalue weighted by Crippen LogP contribution is -2.28. The number of nitrogens with one attached hydrogen (secondary N) is 1. The molecule has 6 nitrogen and oxygen atoms in total. The zero-order valence-corrected chi connectivity index (χ0v) is 17.3. The van der Waals surface area contributed by atoms with Crippen molar-refractivity contribution >= 4 is 17.5 Å². The minimum atomic E-state index is -0.113. The van der Waals surface area contributed by atoms with Gasteiger partial charge in [0.1, 0.15) is 17.1 Å². The number of halogens is 1. The molecule has 0 radical (unpaired) electrons. The maximum atomic E-state index is 12.7. The van der Waals surface area contributed by atoms with Gasteiger partial charge in [0.05, 0.1) is 5.69 Å². The Bertz CT molecular complexity index is 1140. The summed E-state index contributed by atoms with van der Waals surface area (Å²) in [6.45, 7) is 0.589. The van der Waals surface area contributed by atoms with Crippen LogP contribution in [0, 0.1) is 0 Å². The highest BCUT2D eigenvalue weighted by Crippen LogP contribution is 2.22. The maximum absolute atomic E-state index is 12.7. The standard InChI is InChI=1S/C23H21ClN4O2/c1-28(12-6-11-19-14-21(27-30-19)16-7-3-2-4-8-16)23(29)22-15-20(25-26-22)17-9-5-10-18(24)13-17/h2-5,7-10,13-15H,6,11-12H2,1H3,(H,25,26). The average Bonchev–Trinajstić information content (AvgIpc) is 3.44. The van der Waals surface area contributed by atoms with Gasteiger partial charge in [0.15, 0.2) is 0 Å². The number of aromatic amines is 1. The second-order valence-corrected chi connectivity index (χ2v) is 7.49. The largest absolute Gasteiger partial charge is 0.361 e. The number of carbonyl (C=O) groups is 1. The highest BCUT2D eigenvalue weighted by atomic mass is 35.5. The van der Waals surface area contributed by atoms with Crippen molar-refractivity contribution in [2.24, 2.45) is 0 Å². The van der Waals surface area contributed by atoms with E-state index >= 15 is 0 Å². The first-order valence-electron chi connectivity index (χ1n) is 9.68. The molecule has 0 aliphatic carbocycles. The van der Waals surface area contributed by atoms with Gasteiger partial charge in [0.25, 0.3) is 5.91 Å². The Morgan fingerprint density at radius 3 is 2.63 bits per heavy atom. The van der Waals surface area contributed by atoms with Crippen LogP contribution < -0.4 is 0 Å². The van der Waals surface area contributed by atoms with Gasteiger partial charge in [0, 0.05) is 42.2 Å². The van der Waals surface area contributed by atoms with Gasteiger partial charge in [-0.15, -0.1) is 0 Å². The van der Waals surface area contributed by atoms with E-state index in [9.17, 15) is 4.79 Å². The molecule has 0 atom stereocenters. The first-order chi connectivity index (χ1) is 14.6. The number of H-pyrrole nitrogens is 1. The number of benzene rings is 2. The fourth-order valence-corrected chi connectivity index (χ4v) is 3.39. The molecule has 30 heavy (non-hydrogen) atoms. The molecule has 0 fully saturated rings. The third-order valence-electron chi connectivity index (χ3n) is 4.82. The van der Waals surface area contributed by atoms with Crippen molar-refractivity contribution < 1.29 is 9.32 Å². The highest BCUT2D eigenvalue weighted by molar-refractivity contribution is 6.30. The normalized spacial score (nSPS) is 10.9. The molecule has 0 aliphatic rings. The van der Waals surface area contributed by atoms with Gasteiger partial charge in [-0.3, -0.25) is 9.89 Å². The van der Waals surface area contributed by atoms with Crippen LogP contribution in [0.4, 0.5) is 0 Å². The van der Waals surface area contributed by atoms with Crippen molar-refractivity contribution in [2.75, 3.05) is 13.6 Å². The lowest BCUT2D eigenvalue weighted by Gasteiger charge is -2.15. The molecule has 152 valence electrons. The van der Waals surface area contributed by atoms with Crippen molar-refractivity contribution in [1.82, 2.24) is 20.3 Å². The summed E-state index contributed by atoms with van der Waals surface area (Å²) >= 11 is 6.03. The van der Waals surface area contributed by atoms with Gasteiger partial charge in [0.2, 0.25) is 0 Å². The molecule has 2 aromatic heterocycles. The summed E-state index contributed by atoms with van der Waals surface area (Å²) in [6.07, 6.45) is 1.47. The lowest BCUT2D eigenvalue weighted by atomic mass is 10.1. The molecule has 0 saturated carbocycles. The molecule has 2 aromatic carbocycles. The average molecular weight is 421 g/mol. The minimum Gasteiger partial charge on any atom is -0.361 e. The van der Waals surface area contributed by atoms with E-state index in [1.807, 2.05) is 54.6 Å². The van der Waals surface area contributed by atoms with Gasteiger partial charge in [-0.05, 0) is 24.6 Å². The van der Waals surface area contributed by atoms with Crippen LogP contribution in [-0.4, -0.2) is 39.8 Å². The molecular formula is C23H21ClN4O2. The van der Waals surface area contributed by atoms with Crippen LogP contribution in [0.1, 0.15) is 22.7 Å². The third-order valence-corrected chi connectivity index (χ3v) is 5.06. The van der Waals surface area contributed by atoms with Crippen LogP contribution in [0.3, 0.4) is 0 Å². The Morgan fingerprint density at radius 2 is 1.83 bits per heavy atom. The van der Waals surface area contributed by atoms with Crippen LogP contribution in [0.5, 0.6) is 0 Å². The van der Waals surface area contributed by atoms with Crippen molar-refractivity contribution in [1.29, 1.82) is 0 Å². The summed E-state index contributed by atoms with van der Waals surface area (Å²) in [6, 6.07) is 21.0. The Labute approximate surface area is 179 Å². The Kier molecular flexibility index (Phi) is 5.95. The van der Waals surface area contributed by atoms with E-state index in [0.29, 0.717) is 29.4 Å². The minimum absolute atomic E-state index is 0.113. The fraction of sp³-hybridized carbons (Fsp3) is 0.174. The second-order valence-electron chi connectivity index (χ2n) is 7.05. The molecule has 0 aliphatic heterocycles. The number of hydrogen-bond acceptors (Lipinski definition) is 4. The van der Waals surface area contributed by atoms with E-state index in [2.05, 4.69) is 15.4 Å². The second kappa shape index (κ2) is 8.97. The molecule has 0 bridgehead atoms. The maximum Gasteiger partial charge on any atom is 0.271 e. The van der Waals surface area contributed by atoms with E-state index in [0.717, 1.165) is 29.0 Å². The summed E-state index contributed by atoms with van der Waals surface area (Å²) in [7, 11) is 1.78. The molecular weight excluding hydrogens is 400 g/mol. The lowest BCUT2D eigenvalue weighted by molar-refractivity contribution is 0.0787. The number of aryl methyl sites for hydroxylation is 1. The van der Waals surface area contributed by atoms with Gasteiger partial charge < -0.3 is 9.42 Å². The summed E-state index contributed by atoms with van der Waals surface area (Å²) in [5, 5.41) is 11.8. The Morgan fingerprint density at radius 1 is 1.03 bits per heavy atom. The SMILES string of the molecule is CN(CCCc1cc(-c2ccccc2)no1)C(=O)c1cc(-c2cccc(Cl)c2)n[nH]1. The predicted octanol–water partition coefficient (Wildman–Crippen LogP) is 5.09. The topological polar surface area (TPSA) is 75.0 Å². The van der Waals surface area contributed by atoms with E-state index in [1.54, 1.807) is 24.1 Å². The third kappa shape index (κ3) is 4.60. The summed E-state index contributed by atoms with van der Waals surface area (Å²) in [5.74, 6) is 0.692. The van der Waals surface area contributed by atoms with Crippen LogP contribution in [0.15, 0.2) is 71.3 Å². The van der Waals surface area contributed by atoms with Crippen molar-refractivity contribution in [2.45, 2.75) is 12.8 Å². The number of hydrogen-bond donors (Lipinski definition) is 1. The fourth-order valence-electron chi connectivity index (χ4n) is 3.20. The smallest absolute Gasteiger partial charge is 0.271 e. The molecule has 0 saturated heterocycles. The predicted molar refractivity (Wildman–Crippen MR) is 116 cm³/mol. The molecule has 1 amide bonds. The number of nitrogens with zero attached hydrogens (tertiary/aromatic N) is 3. The first-order valence-corrected chi connectivity index (χ1v) is 10.1. The molecule has 4 aromatic rings. The summed E-state index contributed by atoms with van der Waals surface area (Å²) in [5.41, 5.74) is 3.83. The van der Waals surface area contributed by atoms with Crippen LogP contribution >= 0.6 is 11.6 Å². The first kappa shape index (κ1) is 19.9.